The highest BCUT2D eigenvalue weighted by Gasteiger charge is 2.09. The van der Waals surface area contributed by atoms with Gasteiger partial charge in [0, 0.05) is 25.0 Å². The summed E-state index contributed by atoms with van der Waals surface area (Å²) in [7, 11) is 0. The summed E-state index contributed by atoms with van der Waals surface area (Å²) >= 11 is 4.41. The summed E-state index contributed by atoms with van der Waals surface area (Å²) in [5.74, 6) is 1.41. The molecule has 1 unspecified atom stereocenters. The molecule has 0 aliphatic carbocycles. The van der Waals surface area contributed by atoms with Gasteiger partial charge in [-0.25, -0.2) is 9.97 Å². The zero-order valence-electron chi connectivity index (χ0n) is 12.3. The van der Waals surface area contributed by atoms with E-state index in [1.165, 1.54) is 0 Å². The molecule has 0 aromatic carbocycles. The van der Waals surface area contributed by atoms with Crippen LogP contribution in [0.15, 0.2) is 6.20 Å². The lowest BCUT2D eigenvalue weighted by Crippen LogP contribution is -2.33. The van der Waals surface area contributed by atoms with Crippen molar-refractivity contribution >= 4 is 18.4 Å². The lowest BCUT2D eigenvalue weighted by molar-refractivity contribution is 0.134. The summed E-state index contributed by atoms with van der Waals surface area (Å²) in [6.45, 7) is 5.98. The summed E-state index contributed by atoms with van der Waals surface area (Å²) < 4.78 is 12.0. The molecule has 1 heterocycles. The zero-order chi connectivity index (χ0) is 14.8. The van der Waals surface area contributed by atoms with Gasteiger partial charge in [-0.3, -0.25) is 5.32 Å². The highest BCUT2D eigenvalue weighted by Crippen LogP contribution is 2.14. The Hall–Kier alpha value is -0.890. The smallest absolute Gasteiger partial charge is 0.210 e. The topological polar surface area (TPSA) is 79.3 Å². The number of hydrogen-bond acceptors (Lipinski definition) is 7. The first kappa shape index (κ1) is 14.5. The third kappa shape index (κ3) is 6.20. The van der Waals surface area contributed by atoms with Crippen LogP contribution in [0.2, 0.25) is 0 Å². The number of aliphatic hydroxyl groups is 1. The molecule has 0 fully saturated rings. The van der Waals surface area contributed by atoms with E-state index in [9.17, 15) is 0 Å². The maximum Gasteiger partial charge on any atom is 0.210 e. The third-order valence-corrected chi connectivity index (χ3v) is 2.69. The van der Waals surface area contributed by atoms with Crippen LogP contribution in [-0.2, 0) is 11.3 Å². The van der Waals surface area contributed by atoms with Gasteiger partial charge in [-0.1, -0.05) is 0 Å². The van der Waals surface area contributed by atoms with Gasteiger partial charge in [0.2, 0.25) is 1.43 Å². The standard InChI is InChI=1S/C12H22N4O2S/c1-3-18-8-10-7-14-9(2)15-11(10)16-12(19)13-5-4-6-17/h7,12-13,17,19H,3-6,8H2,1-2H3,(H,14,15,16)/i17T. The Morgan fingerprint density at radius 2 is 2.47 bits per heavy atom. The van der Waals surface area contributed by atoms with E-state index in [1.807, 2.05) is 13.8 Å². The fraction of sp³-hybridized carbons (Fsp3) is 0.667. The highest BCUT2D eigenvalue weighted by atomic mass is 32.1. The maximum absolute atomic E-state index is 6.59. The number of ether oxygens (including phenoxy) is 1. The Balaban J connectivity index is 2.53. The average Bonchev–Trinajstić information content (AvgIpc) is 2.43. The number of nitrogens with zero attached hydrogens (tertiary/aromatic N) is 2. The Kier molecular flexibility index (Phi) is 6.94. The minimum Gasteiger partial charge on any atom is -0.396 e. The molecule has 0 bridgehead atoms. The van der Waals surface area contributed by atoms with Crippen LogP contribution < -0.4 is 10.6 Å². The van der Waals surface area contributed by atoms with E-state index in [4.69, 9.17) is 6.17 Å². The van der Waals surface area contributed by atoms with E-state index in [2.05, 4.69) is 38.3 Å². The first-order valence-electron chi connectivity index (χ1n) is 6.74. The van der Waals surface area contributed by atoms with Crippen molar-refractivity contribution in [3.63, 3.8) is 0 Å². The second-order valence-electron chi connectivity index (χ2n) is 3.99. The highest BCUT2D eigenvalue weighted by molar-refractivity contribution is 7.81. The molecule has 7 heteroatoms. The van der Waals surface area contributed by atoms with E-state index in [0.717, 1.165) is 17.8 Å². The predicted octanol–water partition coefficient (Wildman–Crippen LogP) is 0.919. The first-order chi connectivity index (χ1) is 9.67. The van der Waals surface area contributed by atoms with Crippen molar-refractivity contribution in [2.45, 2.75) is 32.4 Å². The van der Waals surface area contributed by atoms with Crippen LogP contribution in [-0.4, -0.2) is 41.8 Å². The van der Waals surface area contributed by atoms with Crippen molar-refractivity contribution in [2.75, 3.05) is 25.1 Å². The molecule has 0 saturated carbocycles. The number of aliphatic hydroxyl groups excluding tert-OH is 1. The van der Waals surface area contributed by atoms with E-state index in [0.29, 0.717) is 32.2 Å². The van der Waals surface area contributed by atoms with Crippen molar-refractivity contribution in [3.8, 4) is 0 Å². The van der Waals surface area contributed by atoms with Crippen LogP contribution in [0.4, 0.5) is 5.82 Å². The van der Waals surface area contributed by atoms with E-state index < -0.39 is 0 Å². The molecule has 0 aliphatic rings. The largest absolute Gasteiger partial charge is 0.396 e. The molecule has 0 spiro atoms. The molecule has 0 saturated heterocycles. The van der Waals surface area contributed by atoms with E-state index in [-0.39, 0.29) is 5.50 Å². The molecule has 1 atom stereocenters. The van der Waals surface area contributed by atoms with Crippen LogP contribution in [0.1, 0.15) is 24.7 Å². The fourth-order valence-electron chi connectivity index (χ4n) is 1.43. The molecule has 108 valence electrons. The molecule has 6 nitrogen and oxygen atoms in total. The number of nitrogens with one attached hydrogen (secondary N) is 2. The maximum atomic E-state index is 6.59. The molecule has 0 aliphatic heterocycles. The van der Waals surface area contributed by atoms with Gasteiger partial charge in [-0.2, -0.15) is 0 Å². The molecule has 1 rings (SSSR count). The molecule has 0 amide bonds. The third-order valence-electron chi connectivity index (χ3n) is 2.38. The molecule has 1 aromatic rings. The Bertz CT molecular complexity index is 398. The SMILES string of the molecule is [3H]OCCCNC(S)Nc1nc(C)ncc1COCC. The van der Waals surface area contributed by atoms with Crippen molar-refractivity contribution in [1.82, 2.24) is 15.3 Å². The Labute approximate surface area is 120 Å². The van der Waals surface area contributed by atoms with Gasteiger partial charge in [-0.15, -0.1) is 12.6 Å². The molecule has 19 heavy (non-hydrogen) atoms. The van der Waals surface area contributed by atoms with Gasteiger partial charge in [0.1, 0.15) is 17.1 Å². The fourth-order valence-corrected chi connectivity index (χ4v) is 1.68. The second kappa shape index (κ2) is 9.08. The summed E-state index contributed by atoms with van der Waals surface area (Å²) in [5.41, 5.74) is 0.656. The van der Waals surface area contributed by atoms with Crippen LogP contribution in [0.3, 0.4) is 0 Å². The van der Waals surface area contributed by atoms with Crippen LogP contribution in [0.25, 0.3) is 0 Å². The van der Waals surface area contributed by atoms with Crippen molar-refractivity contribution in [1.29, 1.82) is 1.43 Å². The number of aryl methyl sites for hydroxylation is 1. The van der Waals surface area contributed by atoms with Crippen molar-refractivity contribution in [2.24, 2.45) is 0 Å². The first-order valence-corrected chi connectivity index (χ1v) is 6.85. The number of aromatic nitrogens is 2. The van der Waals surface area contributed by atoms with Gasteiger partial charge in [0.05, 0.1) is 6.61 Å². The van der Waals surface area contributed by atoms with Crippen LogP contribution in [0, 0.1) is 6.92 Å². The average molecular weight is 288 g/mol. The Morgan fingerprint density at radius 1 is 1.63 bits per heavy atom. The predicted molar refractivity (Wildman–Crippen MR) is 78.2 cm³/mol. The second-order valence-corrected chi connectivity index (χ2v) is 4.50. The number of anilines is 1. The number of thiol groups is 1. The monoisotopic (exact) mass is 288 g/mol. The minimum atomic E-state index is -0.240. The van der Waals surface area contributed by atoms with Gasteiger partial charge < -0.3 is 15.2 Å². The lowest BCUT2D eigenvalue weighted by atomic mass is 10.3. The summed E-state index contributed by atoms with van der Waals surface area (Å²) in [4.78, 5) is 8.54. The van der Waals surface area contributed by atoms with Crippen molar-refractivity contribution in [3.05, 3.63) is 17.6 Å². The van der Waals surface area contributed by atoms with Crippen LogP contribution in [0.5, 0.6) is 0 Å². The summed E-state index contributed by atoms with van der Waals surface area (Å²) in [5, 5.41) is 10.6. The Morgan fingerprint density at radius 3 is 3.21 bits per heavy atom. The molecular weight excluding hydrogens is 264 g/mol. The minimum absolute atomic E-state index is 0.240. The van der Waals surface area contributed by atoms with E-state index in [1.54, 1.807) is 6.20 Å². The van der Waals surface area contributed by atoms with Crippen molar-refractivity contribution < 1.29 is 9.85 Å². The molecule has 1 aromatic heterocycles. The summed E-state index contributed by atoms with van der Waals surface area (Å²) in [6, 6.07) is 0. The lowest BCUT2D eigenvalue weighted by Gasteiger charge is -2.17. The van der Waals surface area contributed by atoms with Gasteiger partial charge in [0.15, 0.2) is 0 Å². The number of hydrogen-bond donors (Lipinski definition) is 4. The summed E-state index contributed by atoms with van der Waals surface area (Å²) in [6.07, 6.45) is 2.51. The van der Waals surface area contributed by atoms with Crippen LogP contribution >= 0.6 is 12.6 Å². The quantitative estimate of drug-likeness (QED) is 0.291. The zero-order valence-corrected chi connectivity index (χ0v) is 12.2. The molecular formula is C12H22N4O2S. The van der Waals surface area contributed by atoms with Gasteiger partial charge >= 0.3 is 0 Å². The van der Waals surface area contributed by atoms with Gasteiger partial charge in [0.25, 0.3) is 0 Å². The number of rotatable bonds is 10. The van der Waals surface area contributed by atoms with E-state index >= 15 is 0 Å². The van der Waals surface area contributed by atoms with Gasteiger partial charge in [-0.05, 0) is 26.8 Å². The molecule has 0 radical (unpaired) electrons. The molecule has 3 N–H and O–H groups in total. The normalized spacial score (nSPS) is 13.1.